The van der Waals surface area contributed by atoms with Crippen molar-refractivity contribution in [1.29, 1.82) is 0 Å². The van der Waals surface area contributed by atoms with Gasteiger partial charge in [-0.1, -0.05) is 0 Å². The average Bonchev–Trinajstić information content (AvgIpc) is 3.75. The van der Waals surface area contributed by atoms with Crippen LogP contribution in [0.25, 0.3) is 32.7 Å². The first-order valence-electron chi connectivity index (χ1n) is 17.7. The van der Waals surface area contributed by atoms with E-state index < -0.39 is 21.3 Å². The summed E-state index contributed by atoms with van der Waals surface area (Å²) >= 11 is 10.8. The van der Waals surface area contributed by atoms with Crippen LogP contribution in [0.1, 0.15) is 81.3 Å². The van der Waals surface area contributed by atoms with Crippen LogP contribution in [0, 0.1) is 0 Å². The summed E-state index contributed by atoms with van der Waals surface area (Å²) < 4.78 is 4.73. The van der Waals surface area contributed by atoms with Crippen molar-refractivity contribution in [3.05, 3.63) is 168 Å². The molecule has 0 aromatic heterocycles. The van der Waals surface area contributed by atoms with Gasteiger partial charge in [-0.25, -0.2) is 0 Å². The molecule has 6 aromatic rings. The Balaban J connectivity index is 1.57. The van der Waals surface area contributed by atoms with Crippen molar-refractivity contribution in [3.63, 3.8) is 0 Å². The Morgan fingerprint density at radius 2 is 1.20 bits per heavy atom. The molecule has 248 valence electrons. The zero-order valence-corrected chi connectivity index (χ0v) is 33.7. The standard InChI is InChI=1S/C21H12Cl2.C21H25.C5H5.Zr/c22-20-11-3-7-16-14(5-1-9-18(16)20)13-15-6-2-10-19-17(15)8-4-12-21(19)23;1-20(2,3)16-7-9-18-14(12-16)11-15-13-17(21(4,5)6)8-10-19(15)18;1-2-4-5-3-1;/h1-12H;7-10,12H,11H2,1-6H3;1-3H,4H2;. The minimum absolute atomic E-state index is 0.0383. The van der Waals surface area contributed by atoms with Gasteiger partial charge in [0.25, 0.3) is 0 Å². The molecule has 0 heterocycles. The normalized spacial score (nSPS) is 13.9. The molecule has 0 aliphatic heterocycles. The van der Waals surface area contributed by atoms with Crippen LogP contribution in [-0.4, -0.2) is 3.21 Å². The molecule has 0 saturated carbocycles. The number of rotatable bonds is 4. The van der Waals surface area contributed by atoms with Crippen molar-refractivity contribution in [2.75, 3.05) is 0 Å². The molecule has 0 bridgehead atoms. The molecule has 0 radical (unpaired) electrons. The van der Waals surface area contributed by atoms with Crippen LogP contribution in [-0.2, 0) is 38.5 Å². The summed E-state index contributed by atoms with van der Waals surface area (Å²) in [4.78, 5) is 0. The number of fused-ring (bicyclic) bond motifs is 5. The van der Waals surface area contributed by atoms with Gasteiger partial charge < -0.3 is 0 Å². The molecular formula is C47H42Cl2Zr. The van der Waals surface area contributed by atoms with E-state index in [0.29, 0.717) is 0 Å². The summed E-state index contributed by atoms with van der Waals surface area (Å²) in [7, 11) is 0. The van der Waals surface area contributed by atoms with E-state index in [9.17, 15) is 0 Å². The van der Waals surface area contributed by atoms with Gasteiger partial charge in [-0.3, -0.25) is 0 Å². The molecule has 0 spiro atoms. The van der Waals surface area contributed by atoms with E-state index in [-0.39, 0.29) is 10.8 Å². The number of hydrogen-bond acceptors (Lipinski definition) is 0. The first-order valence-corrected chi connectivity index (χ1v) is 22.1. The topological polar surface area (TPSA) is 0 Å². The van der Waals surface area contributed by atoms with Crippen LogP contribution in [0.2, 0.25) is 10.0 Å². The SMILES string of the molecule is CC(C)(C)c1ccc2c(c1)Cc1c-2ccc(C(C)(C)C)[c]1[Zr]([C]1=CC=CC1)=[C](c1cccc2c(Cl)cccc12)c1cccc2c(Cl)cccc12. The minimum atomic E-state index is -3.10. The average molecular weight is 769 g/mol. The van der Waals surface area contributed by atoms with E-state index in [1.165, 1.54) is 58.5 Å². The van der Waals surface area contributed by atoms with E-state index in [4.69, 9.17) is 23.2 Å². The summed E-state index contributed by atoms with van der Waals surface area (Å²) in [5.74, 6) is 0. The van der Waals surface area contributed by atoms with Gasteiger partial charge in [-0.05, 0) is 0 Å². The number of halogens is 2. The van der Waals surface area contributed by atoms with E-state index in [1.807, 2.05) is 12.1 Å². The summed E-state index contributed by atoms with van der Waals surface area (Å²) in [5, 5.41) is 6.19. The number of allylic oxidation sites excluding steroid dienone is 4. The fourth-order valence-electron chi connectivity index (χ4n) is 8.13. The fraction of sp³-hybridized carbons (Fsp3) is 0.213. The van der Waals surface area contributed by atoms with Crippen molar-refractivity contribution >= 4 is 51.2 Å². The summed E-state index contributed by atoms with van der Waals surface area (Å²) in [6.07, 6.45) is 9.06. The second-order valence-corrected chi connectivity index (χ2v) is 22.6. The van der Waals surface area contributed by atoms with Gasteiger partial charge in [0.05, 0.1) is 0 Å². The van der Waals surface area contributed by atoms with Crippen molar-refractivity contribution in [3.8, 4) is 11.1 Å². The van der Waals surface area contributed by atoms with Gasteiger partial charge >= 0.3 is 317 Å². The molecule has 3 heteroatoms. The molecule has 0 N–H and O–H groups in total. The van der Waals surface area contributed by atoms with Crippen LogP contribution in [0.3, 0.4) is 0 Å². The Labute approximate surface area is 314 Å². The van der Waals surface area contributed by atoms with Crippen molar-refractivity contribution in [1.82, 2.24) is 0 Å². The zero-order chi connectivity index (χ0) is 34.9. The summed E-state index contributed by atoms with van der Waals surface area (Å²) in [6.45, 7) is 14.2. The van der Waals surface area contributed by atoms with E-state index in [2.05, 4.69) is 151 Å². The molecule has 0 atom stereocenters. The van der Waals surface area contributed by atoms with Gasteiger partial charge in [0.2, 0.25) is 0 Å². The van der Waals surface area contributed by atoms with Crippen LogP contribution in [0.4, 0.5) is 0 Å². The quantitative estimate of drug-likeness (QED) is 0.167. The summed E-state index contributed by atoms with van der Waals surface area (Å²) in [6, 6.07) is 38.4. The number of hydrogen-bond donors (Lipinski definition) is 0. The molecule has 0 fully saturated rings. The second-order valence-electron chi connectivity index (χ2n) is 15.9. The van der Waals surface area contributed by atoms with Crippen LogP contribution >= 0.6 is 23.2 Å². The van der Waals surface area contributed by atoms with Crippen molar-refractivity contribution < 1.29 is 21.3 Å². The van der Waals surface area contributed by atoms with Gasteiger partial charge in [0, 0.05) is 0 Å². The predicted molar refractivity (Wildman–Crippen MR) is 215 cm³/mol. The predicted octanol–water partition coefficient (Wildman–Crippen LogP) is 12.8. The monoisotopic (exact) mass is 766 g/mol. The second kappa shape index (κ2) is 12.7. The van der Waals surface area contributed by atoms with E-state index in [1.54, 1.807) is 6.55 Å². The van der Waals surface area contributed by atoms with Gasteiger partial charge in [-0.2, -0.15) is 0 Å². The van der Waals surface area contributed by atoms with Gasteiger partial charge in [0.15, 0.2) is 0 Å². The van der Waals surface area contributed by atoms with Gasteiger partial charge in [-0.15, -0.1) is 0 Å². The molecule has 2 aliphatic rings. The third kappa shape index (κ3) is 5.75. The molecular weight excluding hydrogens is 727 g/mol. The molecule has 0 unspecified atom stereocenters. The van der Waals surface area contributed by atoms with Crippen LogP contribution < -0.4 is 3.27 Å². The van der Waals surface area contributed by atoms with E-state index >= 15 is 0 Å². The first-order chi connectivity index (χ1) is 23.9. The van der Waals surface area contributed by atoms with Crippen molar-refractivity contribution in [2.24, 2.45) is 0 Å². The maximum absolute atomic E-state index is 6.95. The summed E-state index contributed by atoms with van der Waals surface area (Å²) in [5.41, 5.74) is 11.3. The van der Waals surface area contributed by atoms with Gasteiger partial charge in [0.1, 0.15) is 0 Å². The molecule has 2 aliphatic carbocycles. The van der Waals surface area contributed by atoms with Crippen molar-refractivity contribution in [2.45, 2.75) is 65.2 Å². The Morgan fingerprint density at radius 3 is 1.76 bits per heavy atom. The van der Waals surface area contributed by atoms with Crippen LogP contribution in [0.5, 0.6) is 0 Å². The molecule has 0 amide bonds. The fourth-order valence-corrected chi connectivity index (χ4v) is 17.7. The Kier molecular flexibility index (Phi) is 8.58. The first kappa shape index (κ1) is 33.8. The Hall–Kier alpha value is -3.35. The Morgan fingerprint density at radius 1 is 0.620 bits per heavy atom. The molecule has 50 heavy (non-hydrogen) atoms. The third-order valence-corrected chi connectivity index (χ3v) is 19.0. The molecule has 0 nitrogen and oxygen atoms in total. The maximum atomic E-state index is 6.95. The third-order valence-electron chi connectivity index (χ3n) is 10.6. The number of benzene rings is 6. The van der Waals surface area contributed by atoms with E-state index in [0.717, 1.165) is 33.7 Å². The Bertz CT molecular complexity index is 2370. The molecule has 6 aromatic carbocycles. The zero-order valence-electron chi connectivity index (χ0n) is 29.7. The van der Waals surface area contributed by atoms with Crippen LogP contribution in [0.15, 0.2) is 125 Å². The molecule has 8 rings (SSSR count). The molecule has 0 saturated heterocycles.